The van der Waals surface area contributed by atoms with E-state index in [-0.39, 0.29) is 5.41 Å². The van der Waals surface area contributed by atoms with Crippen molar-refractivity contribution < 1.29 is 8.85 Å². The van der Waals surface area contributed by atoms with Gasteiger partial charge in [-0.1, -0.05) is 45.0 Å². The molecule has 0 spiro atoms. The summed E-state index contributed by atoms with van der Waals surface area (Å²) in [7, 11) is -3.33. The highest BCUT2D eigenvalue weighted by atomic mass is 28.4. The molecule has 0 heterocycles. The van der Waals surface area contributed by atoms with E-state index in [0.29, 0.717) is 5.92 Å². The fourth-order valence-corrected chi connectivity index (χ4v) is 6.56. The van der Waals surface area contributed by atoms with Gasteiger partial charge in [0.25, 0.3) is 0 Å². The summed E-state index contributed by atoms with van der Waals surface area (Å²) in [6.45, 7) is 29.3. The van der Waals surface area contributed by atoms with Crippen molar-refractivity contribution in [2.75, 3.05) is 0 Å². The highest BCUT2D eigenvalue weighted by Crippen LogP contribution is 2.43. The molecule has 2 rings (SSSR count). The van der Waals surface area contributed by atoms with Crippen molar-refractivity contribution in [1.29, 1.82) is 0 Å². The lowest BCUT2D eigenvalue weighted by molar-refractivity contribution is 0.425. The molecular formula is C28H46O2Si2. The zero-order valence-corrected chi connectivity index (χ0v) is 24.9. The zero-order valence-electron chi connectivity index (χ0n) is 22.9. The molecule has 0 unspecified atom stereocenters. The van der Waals surface area contributed by atoms with Crippen LogP contribution in [0.3, 0.4) is 0 Å². The van der Waals surface area contributed by atoms with E-state index in [4.69, 9.17) is 8.85 Å². The van der Waals surface area contributed by atoms with Gasteiger partial charge in [-0.15, -0.1) is 0 Å². The second kappa shape index (κ2) is 9.38. The molecule has 4 heteroatoms. The first-order valence-electron chi connectivity index (χ1n) is 12.0. The standard InChI is InChI=1S/C28H46O2Si2/c1-19(2)18-28(7,24-14-20(3)26(21(4)15-24)29-31(8,9)10)25-16-22(5)27(23(6)17-25)30-32(11,12)13/h14-17,19H,18H2,1-13H3. The Balaban J connectivity index is 2.65. The number of aryl methyl sites for hydroxylation is 4. The maximum Gasteiger partial charge on any atom is 0.242 e. The molecule has 0 amide bonds. The van der Waals surface area contributed by atoms with Crippen molar-refractivity contribution in [2.45, 2.75) is 99.6 Å². The third-order valence-corrected chi connectivity index (χ3v) is 7.46. The second-order valence-electron chi connectivity index (χ2n) is 12.2. The van der Waals surface area contributed by atoms with Crippen LogP contribution in [0.4, 0.5) is 0 Å². The van der Waals surface area contributed by atoms with Crippen molar-refractivity contribution in [3.63, 3.8) is 0 Å². The van der Waals surface area contributed by atoms with Crippen LogP contribution < -0.4 is 8.85 Å². The highest BCUT2D eigenvalue weighted by Gasteiger charge is 2.33. The molecule has 0 atom stereocenters. The van der Waals surface area contributed by atoms with E-state index in [1.165, 1.54) is 33.4 Å². The molecule has 0 bridgehead atoms. The molecule has 0 saturated heterocycles. The fraction of sp³-hybridized carbons (Fsp3) is 0.571. The van der Waals surface area contributed by atoms with Gasteiger partial charge >= 0.3 is 0 Å². The monoisotopic (exact) mass is 470 g/mol. The lowest BCUT2D eigenvalue weighted by atomic mass is 9.70. The number of benzene rings is 2. The topological polar surface area (TPSA) is 18.5 Å². The second-order valence-corrected chi connectivity index (χ2v) is 21.1. The Kier molecular flexibility index (Phi) is 7.83. The van der Waals surface area contributed by atoms with E-state index in [2.05, 4.69) is 112 Å². The van der Waals surface area contributed by atoms with Gasteiger partial charge in [0.05, 0.1) is 0 Å². The Hall–Kier alpha value is -1.53. The summed E-state index contributed by atoms with van der Waals surface area (Å²) in [5.41, 5.74) is 7.64. The van der Waals surface area contributed by atoms with Crippen molar-refractivity contribution in [3.05, 3.63) is 57.6 Å². The van der Waals surface area contributed by atoms with Crippen LogP contribution in [0.25, 0.3) is 0 Å². The van der Waals surface area contributed by atoms with Gasteiger partial charge < -0.3 is 8.85 Å². The largest absolute Gasteiger partial charge is 0.544 e. The van der Waals surface area contributed by atoms with E-state index in [1.54, 1.807) is 0 Å². The molecule has 0 aliphatic rings. The maximum absolute atomic E-state index is 6.44. The molecule has 32 heavy (non-hydrogen) atoms. The molecule has 0 aliphatic heterocycles. The minimum absolute atomic E-state index is 0.0748. The zero-order chi connectivity index (χ0) is 24.6. The lowest BCUT2D eigenvalue weighted by Gasteiger charge is -2.35. The van der Waals surface area contributed by atoms with Gasteiger partial charge in [-0.25, -0.2) is 0 Å². The lowest BCUT2D eigenvalue weighted by Crippen LogP contribution is -2.31. The average molecular weight is 471 g/mol. The third kappa shape index (κ3) is 6.51. The Morgan fingerprint density at radius 1 is 0.656 bits per heavy atom. The van der Waals surface area contributed by atoms with Gasteiger partial charge in [-0.2, -0.15) is 0 Å². The summed E-state index contributed by atoms with van der Waals surface area (Å²) in [5, 5.41) is 0. The van der Waals surface area contributed by atoms with Crippen molar-refractivity contribution in [2.24, 2.45) is 5.92 Å². The summed E-state index contributed by atoms with van der Waals surface area (Å²) < 4.78 is 12.9. The molecule has 0 N–H and O–H groups in total. The van der Waals surface area contributed by atoms with Crippen LogP contribution in [0.5, 0.6) is 11.5 Å². The first-order chi connectivity index (χ1) is 14.4. The summed E-state index contributed by atoms with van der Waals surface area (Å²) >= 11 is 0. The molecule has 178 valence electrons. The van der Waals surface area contributed by atoms with E-state index in [1.807, 2.05) is 0 Å². The van der Waals surface area contributed by atoms with E-state index >= 15 is 0 Å². The summed E-state index contributed by atoms with van der Waals surface area (Å²) in [5.74, 6) is 2.73. The quantitative estimate of drug-likeness (QED) is 0.359. The molecule has 0 fully saturated rings. The summed E-state index contributed by atoms with van der Waals surface area (Å²) in [6.07, 6.45) is 1.09. The van der Waals surface area contributed by atoms with Crippen LogP contribution in [0.15, 0.2) is 24.3 Å². The van der Waals surface area contributed by atoms with Crippen LogP contribution >= 0.6 is 0 Å². The summed E-state index contributed by atoms with van der Waals surface area (Å²) in [6, 6.07) is 9.45. The van der Waals surface area contributed by atoms with Crippen LogP contribution in [-0.2, 0) is 5.41 Å². The van der Waals surface area contributed by atoms with Crippen LogP contribution in [-0.4, -0.2) is 16.6 Å². The Morgan fingerprint density at radius 2 is 0.938 bits per heavy atom. The van der Waals surface area contributed by atoms with E-state index in [0.717, 1.165) is 17.9 Å². The van der Waals surface area contributed by atoms with Gasteiger partial charge in [0.15, 0.2) is 0 Å². The first-order valence-corrected chi connectivity index (χ1v) is 18.9. The van der Waals surface area contributed by atoms with Gasteiger partial charge in [0.2, 0.25) is 16.6 Å². The number of hydrogen-bond acceptors (Lipinski definition) is 2. The first kappa shape index (κ1) is 26.7. The minimum atomic E-state index is -1.67. The molecule has 0 radical (unpaired) electrons. The van der Waals surface area contributed by atoms with Crippen LogP contribution in [0.1, 0.15) is 60.6 Å². The van der Waals surface area contributed by atoms with Crippen molar-refractivity contribution in [1.82, 2.24) is 0 Å². The fourth-order valence-electron chi connectivity index (χ4n) is 4.69. The van der Waals surface area contributed by atoms with Gasteiger partial charge in [0, 0.05) is 5.41 Å². The van der Waals surface area contributed by atoms with Crippen LogP contribution in [0, 0.1) is 33.6 Å². The summed E-state index contributed by atoms with van der Waals surface area (Å²) in [4.78, 5) is 0. The van der Waals surface area contributed by atoms with Crippen molar-refractivity contribution in [3.8, 4) is 11.5 Å². The third-order valence-electron chi connectivity index (χ3n) is 5.83. The van der Waals surface area contributed by atoms with Gasteiger partial charge in [0.1, 0.15) is 11.5 Å². The van der Waals surface area contributed by atoms with Gasteiger partial charge in [-0.3, -0.25) is 0 Å². The van der Waals surface area contributed by atoms with Crippen LogP contribution in [0.2, 0.25) is 39.3 Å². The van der Waals surface area contributed by atoms with E-state index < -0.39 is 16.6 Å². The predicted molar refractivity (Wildman–Crippen MR) is 146 cm³/mol. The van der Waals surface area contributed by atoms with Crippen molar-refractivity contribution >= 4 is 16.6 Å². The molecule has 0 saturated carbocycles. The number of rotatable bonds is 8. The SMILES string of the molecule is Cc1cc(C(C)(CC(C)C)c2cc(C)c(O[Si](C)(C)C)c(C)c2)cc(C)c1O[Si](C)(C)C. The van der Waals surface area contributed by atoms with E-state index in [9.17, 15) is 0 Å². The van der Waals surface area contributed by atoms with Gasteiger partial charge in [-0.05, 0) is 113 Å². The maximum atomic E-state index is 6.44. The highest BCUT2D eigenvalue weighted by molar-refractivity contribution is 6.70. The normalized spacial score (nSPS) is 12.9. The molecule has 0 aliphatic carbocycles. The Morgan fingerprint density at radius 3 is 1.16 bits per heavy atom. The Bertz CT molecular complexity index is 845. The molecule has 2 aromatic rings. The molecular weight excluding hydrogens is 424 g/mol. The smallest absolute Gasteiger partial charge is 0.242 e. The molecule has 2 nitrogen and oxygen atoms in total. The molecule has 0 aromatic heterocycles. The predicted octanol–water partition coefficient (Wildman–Crippen LogP) is 8.70. The average Bonchev–Trinajstić information content (AvgIpc) is 2.58. The Labute approximate surface area is 200 Å². The molecule has 2 aromatic carbocycles. The number of hydrogen-bond donors (Lipinski definition) is 0. The minimum Gasteiger partial charge on any atom is -0.544 e.